The highest BCUT2D eigenvalue weighted by Gasteiger charge is 2.47. The van der Waals surface area contributed by atoms with Gasteiger partial charge in [-0.15, -0.1) is 0 Å². The molecule has 2 heterocycles. The molecule has 2 fully saturated rings. The summed E-state index contributed by atoms with van der Waals surface area (Å²) in [4.78, 5) is 0. The van der Waals surface area contributed by atoms with Crippen molar-refractivity contribution >= 4 is 17.4 Å². The smallest absolute Gasteiger partial charge is 0.257 e. The van der Waals surface area contributed by atoms with Gasteiger partial charge in [0.05, 0.1) is 6.54 Å². The largest absolute Gasteiger partial charge is 0.463 e. The Bertz CT molecular complexity index is 250. The van der Waals surface area contributed by atoms with Crippen LogP contribution in [0.4, 0.5) is 0 Å². The zero-order valence-electron chi connectivity index (χ0n) is 7.16. The molecule has 4 N–H and O–H groups in total. The molecule has 7 heteroatoms. The summed E-state index contributed by atoms with van der Waals surface area (Å²) < 4.78 is 10.1. The Morgan fingerprint density at radius 3 is 2.43 bits per heavy atom. The van der Waals surface area contributed by atoms with Gasteiger partial charge in [0.2, 0.25) is 0 Å². The van der Waals surface area contributed by atoms with Crippen LogP contribution in [0.3, 0.4) is 0 Å². The minimum absolute atomic E-state index is 0.238. The van der Waals surface area contributed by atoms with E-state index in [0.717, 1.165) is 0 Å². The minimum atomic E-state index is -1.37. The van der Waals surface area contributed by atoms with Crippen LogP contribution in [-0.2, 0) is 9.47 Å². The van der Waals surface area contributed by atoms with Crippen LogP contribution in [0.2, 0.25) is 0 Å². The van der Waals surface area contributed by atoms with Gasteiger partial charge in [0, 0.05) is 0 Å². The Morgan fingerprint density at radius 1 is 1.29 bits per heavy atom. The third-order valence-electron chi connectivity index (χ3n) is 2.35. The van der Waals surface area contributed by atoms with E-state index in [1.165, 1.54) is 0 Å². The number of nitrogens with one attached hydrogen (secondary N) is 1. The van der Waals surface area contributed by atoms with Crippen molar-refractivity contribution < 1.29 is 24.8 Å². The lowest BCUT2D eigenvalue weighted by Crippen LogP contribution is -2.40. The van der Waals surface area contributed by atoms with E-state index in [9.17, 15) is 10.2 Å². The molecule has 5 atom stereocenters. The Morgan fingerprint density at radius 2 is 2.00 bits per heavy atom. The van der Waals surface area contributed by atoms with Gasteiger partial charge in [0.1, 0.15) is 24.4 Å². The number of hydrogen-bond acceptors (Lipinski definition) is 6. The highest BCUT2D eigenvalue weighted by molar-refractivity contribution is 7.80. The van der Waals surface area contributed by atoms with E-state index in [4.69, 9.17) is 26.8 Å². The minimum Gasteiger partial charge on any atom is -0.463 e. The second-order valence-corrected chi connectivity index (χ2v) is 3.67. The fraction of sp³-hybridized carbons (Fsp3) is 0.857. The molecule has 0 aromatic rings. The van der Waals surface area contributed by atoms with Crippen LogP contribution < -0.4 is 5.32 Å². The first-order valence-corrected chi connectivity index (χ1v) is 4.64. The third kappa shape index (κ3) is 1.57. The van der Waals surface area contributed by atoms with Gasteiger partial charge in [-0.05, 0) is 12.2 Å². The summed E-state index contributed by atoms with van der Waals surface area (Å²) in [6.45, 7) is 0.403. The standard InChI is InChI=1S/C7H11NO5S/c9-3-4(10)6(11)13-5(3)2-1-8-7(14)12-2/h2-6,9-11H,1H2,(H,8,14)/t2-,3-,4-,5-,6?/m1/s1. The Balaban J connectivity index is 2.02. The molecule has 0 aromatic heterocycles. The zero-order valence-corrected chi connectivity index (χ0v) is 7.98. The number of rotatable bonds is 1. The molecule has 14 heavy (non-hydrogen) atoms. The number of aliphatic hydroxyl groups excluding tert-OH is 3. The molecule has 6 nitrogen and oxygen atoms in total. The van der Waals surface area contributed by atoms with Gasteiger partial charge in [-0.3, -0.25) is 0 Å². The van der Waals surface area contributed by atoms with Gasteiger partial charge in [0.15, 0.2) is 6.29 Å². The van der Waals surface area contributed by atoms with Crippen molar-refractivity contribution in [1.82, 2.24) is 5.32 Å². The van der Waals surface area contributed by atoms with Gasteiger partial charge in [0.25, 0.3) is 5.17 Å². The normalized spacial score (nSPS) is 47.6. The van der Waals surface area contributed by atoms with Crippen LogP contribution in [0.5, 0.6) is 0 Å². The van der Waals surface area contributed by atoms with Gasteiger partial charge in [-0.25, -0.2) is 0 Å². The van der Waals surface area contributed by atoms with Gasteiger partial charge in [-0.2, -0.15) is 0 Å². The van der Waals surface area contributed by atoms with Gasteiger partial charge in [-0.1, -0.05) is 0 Å². The summed E-state index contributed by atoms with van der Waals surface area (Å²) >= 11 is 4.73. The van der Waals surface area contributed by atoms with E-state index < -0.39 is 30.7 Å². The van der Waals surface area contributed by atoms with E-state index in [1.54, 1.807) is 0 Å². The summed E-state index contributed by atoms with van der Waals surface area (Å²) in [5, 5.41) is 30.8. The topological polar surface area (TPSA) is 91.2 Å². The lowest BCUT2D eigenvalue weighted by atomic mass is 10.1. The number of aliphatic hydroxyl groups is 3. The maximum Gasteiger partial charge on any atom is 0.257 e. The monoisotopic (exact) mass is 221 g/mol. The van der Waals surface area contributed by atoms with Crippen molar-refractivity contribution in [3.8, 4) is 0 Å². The van der Waals surface area contributed by atoms with Crippen LogP contribution >= 0.6 is 12.2 Å². The lowest BCUT2D eigenvalue weighted by molar-refractivity contribution is -0.140. The van der Waals surface area contributed by atoms with Gasteiger partial charge < -0.3 is 30.1 Å². The van der Waals surface area contributed by atoms with E-state index in [-0.39, 0.29) is 5.17 Å². The molecule has 0 spiro atoms. The predicted molar refractivity (Wildman–Crippen MR) is 48.4 cm³/mol. The molecule has 2 rings (SSSR count). The molecule has 0 aliphatic carbocycles. The van der Waals surface area contributed by atoms with E-state index in [1.807, 2.05) is 0 Å². The highest BCUT2D eigenvalue weighted by Crippen LogP contribution is 2.24. The summed E-state index contributed by atoms with van der Waals surface area (Å²) in [6.07, 6.45) is -5.04. The van der Waals surface area contributed by atoms with Crippen LogP contribution in [0, 0.1) is 0 Å². The molecule has 2 aliphatic rings. The maximum atomic E-state index is 9.49. The molecule has 80 valence electrons. The van der Waals surface area contributed by atoms with E-state index >= 15 is 0 Å². The summed E-state index contributed by atoms with van der Waals surface area (Å²) in [6, 6.07) is 0. The SMILES string of the molecule is OC1O[C@H]([C@H]2CNC(=S)O2)[C@H](O)[C@H]1O. The summed E-state index contributed by atoms with van der Waals surface area (Å²) in [5.74, 6) is 0. The first kappa shape index (κ1) is 10.1. The quantitative estimate of drug-likeness (QED) is 0.370. The summed E-state index contributed by atoms with van der Waals surface area (Å²) in [7, 11) is 0. The fourth-order valence-electron chi connectivity index (χ4n) is 1.58. The predicted octanol–water partition coefficient (Wildman–Crippen LogP) is -2.30. The molecule has 2 saturated heterocycles. The number of ether oxygens (including phenoxy) is 2. The first-order chi connectivity index (χ1) is 6.59. The Labute approximate surface area is 85.4 Å². The molecule has 0 aromatic carbocycles. The Kier molecular flexibility index (Phi) is 2.58. The molecule has 0 amide bonds. The average Bonchev–Trinajstić information content (AvgIpc) is 2.66. The molecular weight excluding hydrogens is 210 g/mol. The van der Waals surface area contributed by atoms with Crippen molar-refractivity contribution in [3.05, 3.63) is 0 Å². The van der Waals surface area contributed by atoms with Crippen molar-refractivity contribution in [2.45, 2.75) is 30.7 Å². The van der Waals surface area contributed by atoms with Crippen LogP contribution in [0.15, 0.2) is 0 Å². The molecule has 0 bridgehead atoms. The van der Waals surface area contributed by atoms with Crippen molar-refractivity contribution in [2.24, 2.45) is 0 Å². The lowest BCUT2D eigenvalue weighted by Gasteiger charge is -2.19. The van der Waals surface area contributed by atoms with Crippen molar-refractivity contribution in [2.75, 3.05) is 6.54 Å². The average molecular weight is 221 g/mol. The first-order valence-electron chi connectivity index (χ1n) is 4.24. The van der Waals surface area contributed by atoms with Crippen LogP contribution in [0.1, 0.15) is 0 Å². The third-order valence-corrected chi connectivity index (χ3v) is 2.59. The molecule has 2 aliphatic heterocycles. The van der Waals surface area contributed by atoms with Crippen LogP contribution in [-0.4, -0.2) is 57.7 Å². The maximum absolute atomic E-state index is 9.49. The highest BCUT2D eigenvalue weighted by atomic mass is 32.1. The molecule has 0 saturated carbocycles. The summed E-state index contributed by atoms with van der Waals surface area (Å²) in [5.41, 5.74) is 0. The van der Waals surface area contributed by atoms with Crippen LogP contribution in [0.25, 0.3) is 0 Å². The molecule has 0 radical (unpaired) electrons. The van der Waals surface area contributed by atoms with Crippen molar-refractivity contribution in [3.63, 3.8) is 0 Å². The zero-order chi connectivity index (χ0) is 10.3. The second-order valence-electron chi connectivity index (χ2n) is 3.30. The van der Waals surface area contributed by atoms with E-state index in [0.29, 0.717) is 6.54 Å². The number of hydrogen-bond donors (Lipinski definition) is 4. The number of thiocarbonyl (C=S) groups is 1. The Hall–Kier alpha value is -0.470. The van der Waals surface area contributed by atoms with Gasteiger partial charge >= 0.3 is 0 Å². The van der Waals surface area contributed by atoms with E-state index in [2.05, 4.69) is 5.32 Å². The van der Waals surface area contributed by atoms with Crippen molar-refractivity contribution in [1.29, 1.82) is 0 Å². The second kappa shape index (κ2) is 3.59. The molecule has 1 unspecified atom stereocenters. The fourth-order valence-corrected chi connectivity index (χ4v) is 1.79. The molecular formula is C7H11NO5S.